The summed E-state index contributed by atoms with van der Waals surface area (Å²) in [5.74, 6) is -1.98. The van der Waals surface area contributed by atoms with Gasteiger partial charge in [-0.2, -0.15) is 0 Å². The number of aromatic carboxylic acids is 2. The van der Waals surface area contributed by atoms with Gasteiger partial charge in [-0.1, -0.05) is 146 Å². The van der Waals surface area contributed by atoms with Gasteiger partial charge in [0.25, 0.3) is 16.6 Å². The van der Waals surface area contributed by atoms with Crippen molar-refractivity contribution in [2.45, 2.75) is 26.2 Å². The number of benzene rings is 6. The van der Waals surface area contributed by atoms with Crippen LogP contribution in [0.25, 0.3) is 0 Å². The molecule has 6 rings (SSSR count). The Balaban J connectivity index is 1.48. The average Bonchev–Trinajstić information content (AvgIpc) is 3.17. The Kier molecular flexibility index (Phi) is 11.1. The van der Waals surface area contributed by atoms with Crippen molar-refractivity contribution in [3.63, 3.8) is 0 Å². The van der Waals surface area contributed by atoms with Crippen LogP contribution in [0, 0.1) is 0 Å². The lowest BCUT2D eigenvalue weighted by Crippen LogP contribution is -2.75. The van der Waals surface area contributed by atoms with Gasteiger partial charge in [0.2, 0.25) is 0 Å². The first kappa shape index (κ1) is 37.8. The molecule has 0 atom stereocenters. The molecule has 2 N–H and O–H groups in total. The third-order valence-electron chi connectivity index (χ3n) is 9.09. The topological polar surface area (TPSA) is 102 Å². The van der Waals surface area contributed by atoms with Gasteiger partial charge in [-0.05, 0) is 81.6 Å². The van der Waals surface area contributed by atoms with E-state index in [1.807, 2.05) is 97.1 Å². The van der Waals surface area contributed by atoms with E-state index in [1.165, 1.54) is 0 Å². The van der Waals surface area contributed by atoms with Crippen LogP contribution >= 0.6 is 0 Å². The van der Waals surface area contributed by atoms with Crippen molar-refractivity contribution in [1.82, 2.24) is 0 Å². The zero-order valence-corrected chi connectivity index (χ0v) is 34.1. The Hall–Kier alpha value is -4.99. The van der Waals surface area contributed by atoms with E-state index < -0.39 is 45.7 Å². The first-order valence-electron chi connectivity index (χ1n) is 17.4. The predicted octanol–water partition coefficient (Wildman–Crippen LogP) is 5.17. The van der Waals surface area contributed by atoms with Crippen LogP contribution < -0.4 is 31.1 Å². The third-order valence-corrected chi connectivity index (χ3v) is 26.3. The largest absolute Gasteiger partial charge is 0.478 e. The second-order valence-corrected chi connectivity index (χ2v) is 27.9. The van der Waals surface area contributed by atoms with E-state index in [-0.39, 0.29) is 11.1 Å². The summed E-state index contributed by atoms with van der Waals surface area (Å²) in [5.41, 5.74) is 0.402. The van der Waals surface area contributed by atoms with E-state index in [4.69, 9.17) is 12.3 Å². The first-order chi connectivity index (χ1) is 25.4. The number of carbonyl (C=O) groups is 2. The molecule has 0 aliphatic heterocycles. The lowest BCUT2D eigenvalue weighted by molar-refractivity contribution is 0.0686. The van der Waals surface area contributed by atoms with Crippen LogP contribution in [0.1, 0.15) is 20.7 Å². The Morgan fingerprint density at radius 3 is 0.811 bits per heavy atom. The fraction of sp³-hybridized carbons (Fsp3) is 0.0952. The van der Waals surface area contributed by atoms with Gasteiger partial charge >= 0.3 is 29.1 Å². The molecule has 11 heteroatoms. The van der Waals surface area contributed by atoms with E-state index >= 15 is 0 Å². The van der Waals surface area contributed by atoms with E-state index in [1.54, 1.807) is 24.3 Å². The third kappa shape index (κ3) is 8.01. The second-order valence-electron chi connectivity index (χ2n) is 13.7. The number of hydrogen-bond acceptors (Lipinski definition) is 5. The van der Waals surface area contributed by atoms with Gasteiger partial charge in [0.05, 0.1) is 11.1 Å². The molecule has 0 amide bonds. The first-order valence-corrected chi connectivity index (χ1v) is 26.8. The molecule has 268 valence electrons. The van der Waals surface area contributed by atoms with Gasteiger partial charge in [-0.15, -0.1) is 0 Å². The molecule has 0 aliphatic rings. The molecule has 0 fully saturated rings. The Morgan fingerprint density at radius 2 is 0.585 bits per heavy atom. The lowest BCUT2D eigenvalue weighted by Gasteiger charge is -2.45. The van der Waals surface area contributed by atoms with Crippen molar-refractivity contribution in [2.75, 3.05) is 0 Å². The summed E-state index contributed by atoms with van der Waals surface area (Å²) in [4.78, 5) is 23.8. The van der Waals surface area contributed by atoms with Crippen molar-refractivity contribution in [3.05, 3.63) is 181 Å². The Bertz CT molecular complexity index is 1910. The molecule has 0 saturated carbocycles. The monoisotopic (exact) mass is 770 g/mol. The highest BCUT2D eigenvalue weighted by Gasteiger charge is 2.52. The minimum Gasteiger partial charge on any atom is -0.478 e. The van der Waals surface area contributed by atoms with E-state index in [9.17, 15) is 19.8 Å². The Labute approximate surface area is 314 Å². The van der Waals surface area contributed by atoms with Gasteiger partial charge < -0.3 is 22.6 Å². The van der Waals surface area contributed by atoms with E-state index in [0.717, 1.165) is 31.1 Å². The van der Waals surface area contributed by atoms with Crippen LogP contribution in [0.4, 0.5) is 0 Å². The van der Waals surface area contributed by atoms with Crippen LogP contribution in [-0.2, 0) is 12.3 Å². The molecule has 0 bridgehead atoms. The lowest BCUT2D eigenvalue weighted by atomic mass is 10.2. The molecule has 0 radical (unpaired) electrons. The molecule has 0 aliphatic carbocycles. The number of rotatable bonds is 14. The van der Waals surface area contributed by atoms with Gasteiger partial charge in [0, 0.05) is 0 Å². The molecule has 7 nitrogen and oxygen atoms in total. The van der Waals surface area contributed by atoms with Gasteiger partial charge in [-0.25, -0.2) is 9.59 Å². The van der Waals surface area contributed by atoms with Crippen LogP contribution in [0.2, 0.25) is 26.2 Å². The number of carboxylic acids is 2. The highest BCUT2D eigenvalue weighted by molar-refractivity contribution is 7.12. The fourth-order valence-electron chi connectivity index (χ4n) is 7.11. The normalized spacial score (nSPS) is 12.3. The summed E-state index contributed by atoms with van der Waals surface area (Å²) in [6.07, 6.45) is 0. The van der Waals surface area contributed by atoms with Gasteiger partial charge in [-0.3, -0.25) is 0 Å². The quantitative estimate of drug-likeness (QED) is 0.117. The summed E-state index contributed by atoms with van der Waals surface area (Å²) >= 11 is 0. The summed E-state index contributed by atoms with van der Waals surface area (Å²) in [6.45, 7) is 8.22. The van der Waals surface area contributed by atoms with E-state index in [2.05, 4.69) is 74.7 Å². The summed E-state index contributed by atoms with van der Waals surface area (Å²) in [6, 6.07) is 54.6. The molecule has 53 heavy (non-hydrogen) atoms. The molecule has 0 heterocycles. The Morgan fingerprint density at radius 1 is 0.358 bits per heavy atom. The maximum Gasteiger partial charge on any atom is 0.335 e. The average molecular weight is 771 g/mol. The van der Waals surface area contributed by atoms with Crippen LogP contribution in [0.15, 0.2) is 170 Å². The van der Waals surface area contributed by atoms with Crippen molar-refractivity contribution >= 4 is 76.8 Å². The molecular formula is C42H42O7Si4. The number of hydrogen-bond donors (Lipinski definition) is 2. The molecule has 0 saturated heterocycles. The zero-order chi connectivity index (χ0) is 37.7. The highest BCUT2D eigenvalue weighted by Crippen LogP contribution is 2.25. The van der Waals surface area contributed by atoms with Crippen molar-refractivity contribution in [3.8, 4) is 0 Å². The minimum atomic E-state index is -3.32. The van der Waals surface area contributed by atoms with Crippen LogP contribution in [-0.4, -0.2) is 55.9 Å². The van der Waals surface area contributed by atoms with Crippen LogP contribution in [0.3, 0.4) is 0 Å². The summed E-state index contributed by atoms with van der Waals surface area (Å²) in [5, 5.41) is 25.3. The van der Waals surface area contributed by atoms with Gasteiger partial charge in [0.1, 0.15) is 0 Å². The van der Waals surface area contributed by atoms with Crippen molar-refractivity contribution in [1.29, 1.82) is 0 Å². The zero-order valence-electron chi connectivity index (χ0n) is 30.1. The van der Waals surface area contributed by atoms with E-state index in [0.29, 0.717) is 0 Å². The molecule has 6 aromatic rings. The maximum absolute atomic E-state index is 11.9. The smallest absolute Gasteiger partial charge is 0.335 e. The molecule has 0 spiro atoms. The van der Waals surface area contributed by atoms with Gasteiger partial charge in [0.15, 0.2) is 0 Å². The fourth-order valence-corrected chi connectivity index (χ4v) is 27.6. The predicted molar refractivity (Wildman–Crippen MR) is 220 cm³/mol. The number of carboxylic acid groups (broad SMARTS) is 2. The molecular weight excluding hydrogens is 729 g/mol. The second kappa shape index (κ2) is 15.5. The SMILES string of the molecule is C[Si](C)(O[Si](C)(C)O[Si](c1ccccc1)(c1ccccc1)c1ccc(C(=O)O)cc1)O[Si](c1ccccc1)(c1ccccc1)c1ccc(C(=O)O)cc1. The highest BCUT2D eigenvalue weighted by atomic mass is 28.5. The van der Waals surface area contributed by atoms with Crippen molar-refractivity contribution in [2.24, 2.45) is 0 Å². The molecule has 0 aromatic heterocycles. The van der Waals surface area contributed by atoms with Crippen LogP contribution in [0.5, 0.6) is 0 Å². The summed E-state index contributed by atoms with van der Waals surface area (Å²) < 4.78 is 22.5. The maximum atomic E-state index is 11.9. The standard InChI is InChI=1S/C42H42O7Si4/c1-50(2,48-52(35-17-9-5-10-18-35,36-19-11-6-12-20-36)39-29-25-33(26-30-39)41(43)44)47-51(3,4)49-53(37-21-13-7-14-22-37,38-23-15-8-16-24-38)40-31-27-34(28-32-40)42(45)46/h5-32H,1-4H3,(H,43,44)(H,45,46). The minimum absolute atomic E-state index is 0.201. The molecule has 6 aromatic carbocycles. The summed E-state index contributed by atoms with van der Waals surface area (Å²) in [7, 11) is -13.0. The van der Waals surface area contributed by atoms with Crippen molar-refractivity contribution < 1.29 is 32.1 Å². The molecule has 0 unspecified atom stereocenters.